The van der Waals surface area contributed by atoms with E-state index in [2.05, 4.69) is 4.99 Å². The van der Waals surface area contributed by atoms with Crippen LogP contribution in [0.4, 0.5) is 5.69 Å². The van der Waals surface area contributed by atoms with E-state index in [1.807, 2.05) is 6.92 Å². The number of likely N-dealkylation sites (N-methyl/N-ethyl adjacent to an activating group) is 1. The summed E-state index contributed by atoms with van der Waals surface area (Å²) in [4.78, 5) is 30.8. The summed E-state index contributed by atoms with van der Waals surface area (Å²) >= 11 is 1.19. The molecule has 1 N–H and O–H groups in total. The van der Waals surface area contributed by atoms with Crippen molar-refractivity contribution >= 4 is 40.6 Å². The van der Waals surface area contributed by atoms with Crippen LogP contribution in [-0.2, 0) is 4.79 Å². The fourth-order valence-electron chi connectivity index (χ4n) is 2.82. The zero-order valence-electron chi connectivity index (χ0n) is 16.2. The van der Waals surface area contributed by atoms with Gasteiger partial charge in [-0.15, -0.1) is 0 Å². The van der Waals surface area contributed by atoms with Crippen LogP contribution in [-0.4, -0.2) is 47.8 Å². The monoisotopic (exact) mass is 412 g/mol. The number of nitrogens with zero attached hydrogens (tertiary/aromatic N) is 2. The summed E-state index contributed by atoms with van der Waals surface area (Å²) in [5, 5.41) is 9.80. The summed E-state index contributed by atoms with van der Waals surface area (Å²) in [7, 11) is 3.12. The molecule has 7 nitrogen and oxygen atoms in total. The zero-order valence-corrected chi connectivity index (χ0v) is 17.0. The molecule has 1 aliphatic rings. The van der Waals surface area contributed by atoms with E-state index in [-0.39, 0.29) is 11.5 Å². The second-order valence-electron chi connectivity index (χ2n) is 5.98. The maximum atomic E-state index is 12.9. The Bertz CT molecular complexity index is 1020. The van der Waals surface area contributed by atoms with Crippen LogP contribution in [0.15, 0.2) is 52.4 Å². The van der Waals surface area contributed by atoms with Crippen molar-refractivity contribution in [3.8, 4) is 11.5 Å². The number of benzene rings is 2. The standard InChI is InChI=1S/C21H20N2O5S/c1-4-23-19(24)18(12-13-11-14(27-2)9-10-17(13)28-3)29-21(23)22-16-8-6-5-7-15(16)20(25)26/h5-12H,4H2,1-3H3,(H,25,26)/b18-12-,22-21?. The number of ether oxygens (including phenoxy) is 2. The van der Waals surface area contributed by atoms with E-state index < -0.39 is 5.97 Å². The van der Waals surface area contributed by atoms with Crippen LogP contribution in [0.1, 0.15) is 22.8 Å². The van der Waals surface area contributed by atoms with Crippen molar-refractivity contribution in [2.24, 2.45) is 4.99 Å². The molecule has 1 heterocycles. The summed E-state index contributed by atoms with van der Waals surface area (Å²) in [5.41, 5.74) is 1.08. The number of para-hydroxylation sites is 1. The van der Waals surface area contributed by atoms with Crippen LogP contribution in [0, 0.1) is 0 Å². The van der Waals surface area contributed by atoms with Gasteiger partial charge in [0.25, 0.3) is 5.91 Å². The number of carboxylic acids is 1. The minimum absolute atomic E-state index is 0.0796. The molecule has 0 spiro atoms. The molecule has 0 atom stereocenters. The highest BCUT2D eigenvalue weighted by molar-refractivity contribution is 8.18. The van der Waals surface area contributed by atoms with Crippen LogP contribution in [0.5, 0.6) is 11.5 Å². The molecule has 1 amide bonds. The molecule has 3 rings (SSSR count). The van der Waals surface area contributed by atoms with Crippen molar-refractivity contribution in [2.75, 3.05) is 20.8 Å². The maximum absolute atomic E-state index is 12.9. The molecule has 150 valence electrons. The van der Waals surface area contributed by atoms with Crippen LogP contribution in [0.3, 0.4) is 0 Å². The van der Waals surface area contributed by atoms with Crippen LogP contribution in [0.2, 0.25) is 0 Å². The Morgan fingerprint density at radius 1 is 1.21 bits per heavy atom. The lowest BCUT2D eigenvalue weighted by atomic mass is 10.1. The highest BCUT2D eigenvalue weighted by atomic mass is 32.2. The van der Waals surface area contributed by atoms with E-state index in [1.165, 1.54) is 22.7 Å². The number of rotatable bonds is 6. The van der Waals surface area contributed by atoms with Gasteiger partial charge < -0.3 is 14.6 Å². The Hall–Kier alpha value is -3.26. The number of amidine groups is 1. The van der Waals surface area contributed by atoms with Gasteiger partial charge in [-0.05, 0) is 55.1 Å². The lowest BCUT2D eigenvalue weighted by Gasteiger charge is -2.12. The molecular formula is C21H20N2O5S. The van der Waals surface area contributed by atoms with Gasteiger partial charge in [0, 0.05) is 12.1 Å². The predicted octanol–water partition coefficient (Wildman–Crippen LogP) is 4.03. The van der Waals surface area contributed by atoms with Crippen molar-refractivity contribution in [1.82, 2.24) is 4.90 Å². The summed E-state index contributed by atoms with van der Waals surface area (Å²) in [6, 6.07) is 11.8. The lowest BCUT2D eigenvalue weighted by molar-refractivity contribution is -0.122. The molecule has 0 bridgehead atoms. The third-order valence-corrected chi connectivity index (χ3v) is 5.28. The predicted molar refractivity (Wildman–Crippen MR) is 113 cm³/mol. The molecule has 0 radical (unpaired) electrons. The Morgan fingerprint density at radius 2 is 1.97 bits per heavy atom. The number of aromatic carboxylic acids is 1. The average Bonchev–Trinajstić information content (AvgIpc) is 3.02. The molecule has 0 saturated carbocycles. The summed E-state index contributed by atoms with van der Waals surface area (Å²) in [6.07, 6.45) is 1.72. The number of hydrogen-bond donors (Lipinski definition) is 1. The minimum atomic E-state index is -1.07. The fraction of sp³-hybridized carbons (Fsp3) is 0.190. The molecule has 29 heavy (non-hydrogen) atoms. The van der Waals surface area contributed by atoms with Gasteiger partial charge in [0.05, 0.1) is 30.4 Å². The number of amides is 1. The van der Waals surface area contributed by atoms with Crippen LogP contribution >= 0.6 is 11.8 Å². The molecule has 1 aliphatic heterocycles. The van der Waals surface area contributed by atoms with Gasteiger partial charge in [-0.25, -0.2) is 9.79 Å². The van der Waals surface area contributed by atoms with Crippen molar-refractivity contribution < 1.29 is 24.2 Å². The number of aliphatic imine (C=N–C) groups is 1. The molecular weight excluding hydrogens is 392 g/mol. The lowest BCUT2D eigenvalue weighted by Crippen LogP contribution is -2.28. The summed E-state index contributed by atoms with van der Waals surface area (Å²) in [5.74, 6) is -0.0192. The molecule has 1 saturated heterocycles. The van der Waals surface area contributed by atoms with Crippen molar-refractivity contribution in [2.45, 2.75) is 6.92 Å². The number of methoxy groups -OCH3 is 2. The van der Waals surface area contributed by atoms with E-state index in [1.54, 1.807) is 56.7 Å². The quantitative estimate of drug-likeness (QED) is 0.721. The van der Waals surface area contributed by atoms with E-state index >= 15 is 0 Å². The molecule has 1 fully saturated rings. The topological polar surface area (TPSA) is 88.4 Å². The first-order valence-corrected chi connectivity index (χ1v) is 9.64. The SMILES string of the molecule is CCN1C(=O)/C(=C/c2cc(OC)ccc2OC)SC1=Nc1ccccc1C(=O)O. The van der Waals surface area contributed by atoms with Crippen LogP contribution < -0.4 is 9.47 Å². The first kappa shape index (κ1) is 20.5. The van der Waals surface area contributed by atoms with E-state index in [9.17, 15) is 14.7 Å². The van der Waals surface area contributed by atoms with E-state index in [4.69, 9.17) is 9.47 Å². The first-order chi connectivity index (χ1) is 14.0. The molecule has 0 aromatic heterocycles. The first-order valence-electron chi connectivity index (χ1n) is 8.83. The maximum Gasteiger partial charge on any atom is 0.337 e. The normalized spacial score (nSPS) is 16.5. The summed E-state index contributed by atoms with van der Waals surface area (Å²) < 4.78 is 10.6. The Kier molecular flexibility index (Phi) is 6.23. The van der Waals surface area contributed by atoms with E-state index in [0.29, 0.717) is 39.4 Å². The third kappa shape index (κ3) is 4.27. The Labute approximate surface area is 172 Å². The smallest absolute Gasteiger partial charge is 0.337 e. The number of carbonyl (C=O) groups is 2. The average molecular weight is 412 g/mol. The van der Waals surface area contributed by atoms with Gasteiger partial charge >= 0.3 is 5.97 Å². The fourth-order valence-corrected chi connectivity index (χ4v) is 3.86. The van der Waals surface area contributed by atoms with Crippen molar-refractivity contribution in [3.05, 3.63) is 58.5 Å². The number of carboxylic acid groups (broad SMARTS) is 1. The molecule has 0 aliphatic carbocycles. The van der Waals surface area contributed by atoms with Crippen molar-refractivity contribution in [3.63, 3.8) is 0 Å². The molecule has 0 unspecified atom stereocenters. The molecule has 2 aromatic carbocycles. The largest absolute Gasteiger partial charge is 0.497 e. The van der Waals surface area contributed by atoms with Gasteiger partial charge in [-0.1, -0.05) is 12.1 Å². The van der Waals surface area contributed by atoms with Gasteiger partial charge in [0.15, 0.2) is 5.17 Å². The second kappa shape index (κ2) is 8.83. The Morgan fingerprint density at radius 3 is 2.62 bits per heavy atom. The molecule has 8 heteroatoms. The third-order valence-electron chi connectivity index (χ3n) is 4.28. The minimum Gasteiger partial charge on any atom is -0.497 e. The van der Waals surface area contributed by atoms with Crippen LogP contribution in [0.25, 0.3) is 6.08 Å². The zero-order chi connectivity index (χ0) is 21.0. The second-order valence-corrected chi connectivity index (χ2v) is 6.99. The van der Waals surface area contributed by atoms with Gasteiger partial charge in [0.2, 0.25) is 0 Å². The van der Waals surface area contributed by atoms with E-state index in [0.717, 1.165) is 0 Å². The summed E-state index contributed by atoms with van der Waals surface area (Å²) in [6.45, 7) is 2.25. The van der Waals surface area contributed by atoms with Gasteiger partial charge in [0.1, 0.15) is 11.5 Å². The van der Waals surface area contributed by atoms with Gasteiger partial charge in [-0.3, -0.25) is 9.69 Å². The van der Waals surface area contributed by atoms with Gasteiger partial charge in [-0.2, -0.15) is 0 Å². The molecule has 2 aromatic rings. The number of hydrogen-bond acceptors (Lipinski definition) is 6. The number of thioether (sulfide) groups is 1. The Balaban J connectivity index is 2.03. The highest BCUT2D eigenvalue weighted by Crippen LogP contribution is 2.36. The highest BCUT2D eigenvalue weighted by Gasteiger charge is 2.32. The van der Waals surface area contributed by atoms with Crippen molar-refractivity contribution in [1.29, 1.82) is 0 Å². The number of carbonyl (C=O) groups excluding carboxylic acids is 1.